The van der Waals surface area contributed by atoms with Crippen molar-refractivity contribution in [2.75, 3.05) is 5.32 Å². The van der Waals surface area contributed by atoms with E-state index in [2.05, 4.69) is 15.5 Å². The van der Waals surface area contributed by atoms with Crippen molar-refractivity contribution in [3.05, 3.63) is 65.2 Å². The van der Waals surface area contributed by atoms with E-state index in [4.69, 9.17) is 0 Å². The van der Waals surface area contributed by atoms with E-state index in [-0.39, 0.29) is 11.2 Å². The highest BCUT2D eigenvalue weighted by atomic mass is 32.1. The number of hydrogen-bond donors (Lipinski definition) is 1. The van der Waals surface area contributed by atoms with Crippen molar-refractivity contribution in [3.63, 3.8) is 0 Å². The number of carbonyl (C=O) groups excluding carboxylic acids is 1. The van der Waals surface area contributed by atoms with Crippen molar-refractivity contribution in [2.45, 2.75) is 12.4 Å². The molecule has 0 saturated carbocycles. The summed E-state index contributed by atoms with van der Waals surface area (Å²) in [5.41, 5.74) is -3.25. The van der Waals surface area contributed by atoms with E-state index < -0.39 is 35.0 Å². The highest BCUT2D eigenvalue weighted by Crippen LogP contribution is 2.36. The van der Waals surface area contributed by atoms with Crippen LogP contribution >= 0.6 is 11.3 Å². The summed E-state index contributed by atoms with van der Waals surface area (Å²) in [5.74, 6) is -1.16. The second-order valence-electron chi connectivity index (χ2n) is 5.53. The molecule has 3 aromatic rings. The maximum absolute atomic E-state index is 12.9. The Morgan fingerprint density at radius 3 is 1.96 bits per heavy atom. The second kappa shape index (κ2) is 7.23. The number of rotatable bonds is 3. The maximum atomic E-state index is 12.9. The Morgan fingerprint density at radius 2 is 1.43 bits per heavy atom. The minimum atomic E-state index is -5.04. The Morgan fingerprint density at radius 1 is 0.857 bits per heavy atom. The van der Waals surface area contributed by atoms with E-state index in [1.54, 1.807) is 30.3 Å². The number of alkyl halides is 6. The lowest BCUT2D eigenvalue weighted by Crippen LogP contribution is -2.17. The molecule has 0 aliphatic carbocycles. The molecule has 0 atom stereocenters. The average molecular weight is 417 g/mol. The third-order valence-corrected chi connectivity index (χ3v) is 4.40. The van der Waals surface area contributed by atoms with Crippen LogP contribution in [0.3, 0.4) is 0 Å². The van der Waals surface area contributed by atoms with Crippen LogP contribution in [0, 0.1) is 0 Å². The van der Waals surface area contributed by atoms with Crippen LogP contribution in [0.15, 0.2) is 48.5 Å². The summed E-state index contributed by atoms with van der Waals surface area (Å²) in [7, 11) is 0. The molecule has 0 aliphatic rings. The first kappa shape index (κ1) is 19.8. The minimum absolute atomic E-state index is 0.0464. The number of hydrogen-bond acceptors (Lipinski definition) is 4. The van der Waals surface area contributed by atoms with Gasteiger partial charge >= 0.3 is 12.4 Å². The standard InChI is InChI=1S/C17H9F6N3OS/c18-16(19,20)11-6-10(7-12(8-11)17(21,22)23)13(27)24-15-26-25-14(28-15)9-4-2-1-3-5-9/h1-8H,(H,24,26,27). The van der Waals surface area contributed by atoms with Gasteiger partial charge in [0.25, 0.3) is 5.91 Å². The van der Waals surface area contributed by atoms with Crippen LogP contribution in [0.25, 0.3) is 10.6 Å². The summed E-state index contributed by atoms with van der Waals surface area (Å²) in [6, 6.07) is 9.39. The predicted molar refractivity (Wildman–Crippen MR) is 89.7 cm³/mol. The summed E-state index contributed by atoms with van der Waals surface area (Å²) < 4.78 is 77.4. The molecule has 4 nitrogen and oxygen atoms in total. The van der Waals surface area contributed by atoms with Crippen molar-refractivity contribution in [1.29, 1.82) is 0 Å². The minimum Gasteiger partial charge on any atom is -0.296 e. The van der Waals surface area contributed by atoms with E-state index in [1.165, 1.54) is 0 Å². The largest absolute Gasteiger partial charge is 0.416 e. The molecule has 0 spiro atoms. The van der Waals surface area contributed by atoms with E-state index in [0.717, 1.165) is 11.3 Å². The number of nitrogens with one attached hydrogen (secondary N) is 1. The molecular formula is C17H9F6N3OS. The lowest BCUT2D eigenvalue weighted by Gasteiger charge is -2.13. The molecule has 0 saturated heterocycles. The average Bonchev–Trinajstić information content (AvgIpc) is 3.09. The zero-order valence-corrected chi connectivity index (χ0v) is 14.4. The highest BCUT2D eigenvalue weighted by molar-refractivity contribution is 7.18. The first-order valence-corrected chi connectivity index (χ1v) is 8.35. The van der Waals surface area contributed by atoms with Crippen LogP contribution in [0.5, 0.6) is 0 Å². The molecule has 1 N–H and O–H groups in total. The summed E-state index contributed by atoms with van der Waals surface area (Å²) >= 11 is 0.930. The fraction of sp³-hybridized carbons (Fsp3) is 0.118. The van der Waals surface area contributed by atoms with E-state index >= 15 is 0 Å². The summed E-state index contributed by atoms with van der Waals surface area (Å²) in [5, 5.41) is 10.1. The third-order valence-electron chi connectivity index (χ3n) is 3.52. The molecule has 0 aliphatic heterocycles. The Labute approximate surface area is 157 Å². The van der Waals surface area contributed by atoms with Crippen LogP contribution in [-0.4, -0.2) is 16.1 Å². The molecule has 146 valence electrons. The quantitative estimate of drug-likeness (QED) is 0.573. The fourth-order valence-corrected chi connectivity index (χ4v) is 2.97. The van der Waals surface area contributed by atoms with E-state index in [9.17, 15) is 31.1 Å². The maximum Gasteiger partial charge on any atom is 0.416 e. The van der Waals surface area contributed by atoms with Crippen LogP contribution in [0.4, 0.5) is 31.5 Å². The molecule has 3 rings (SSSR count). The Kier molecular flexibility index (Phi) is 5.11. The first-order chi connectivity index (χ1) is 13.0. The van der Waals surface area contributed by atoms with E-state index in [1.807, 2.05) is 0 Å². The zero-order chi connectivity index (χ0) is 20.5. The Balaban J connectivity index is 1.89. The molecule has 0 bridgehead atoms. The number of nitrogens with zero attached hydrogens (tertiary/aromatic N) is 2. The van der Waals surface area contributed by atoms with Crippen LogP contribution in [-0.2, 0) is 12.4 Å². The lowest BCUT2D eigenvalue weighted by molar-refractivity contribution is -0.143. The smallest absolute Gasteiger partial charge is 0.296 e. The zero-order valence-electron chi connectivity index (χ0n) is 13.6. The van der Waals surface area contributed by atoms with Crippen molar-refractivity contribution in [3.8, 4) is 10.6 Å². The third kappa shape index (κ3) is 4.47. The van der Waals surface area contributed by atoms with Gasteiger partial charge in [-0.15, -0.1) is 10.2 Å². The molecule has 2 aromatic carbocycles. The normalized spacial score (nSPS) is 12.1. The SMILES string of the molecule is O=C(Nc1nnc(-c2ccccc2)s1)c1cc(C(F)(F)F)cc(C(F)(F)F)c1. The molecule has 1 amide bonds. The Hall–Kier alpha value is -2.95. The lowest BCUT2D eigenvalue weighted by atomic mass is 10.0. The number of amides is 1. The summed E-state index contributed by atoms with van der Waals surface area (Å²) in [6.07, 6.45) is -10.1. The number of carbonyl (C=O) groups is 1. The van der Waals surface area contributed by atoms with Gasteiger partial charge in [0.05, 0.1) is 11.1 Å². The fourth-order valence-electron chi connectivity index (χ4n) is 2.23. The van der Waals surface area contributed by atoms with Gasteiger partial charge in [0, 0.05) is 11.1 Å². The van der Waals surface area contributed by atoms with E-state index in [0.29, 0.717) is 22.7 Å². The molecule has 0 radical (unpaired) electrons. The van der Waals surface area contributed by atoms with Gasteiger partial charge in [0.1, 0.15) is 5.01 Å². The number of halogens is 6. The van der Waals surface area contributed by atoms with Gasteiger partial charge < -0.3 is 0 Å². The number of benzene rings is 2. The van der Waals surface area contributed by atoms with Gasteiger partial charge in [-0.3, -0.25) is 10.1 Å². The first-order valence-electron chi connectivity index (χ1n) is 7.54. The summed E-state index contributed by atoms with van der Waals surface area (Å²) in [4.78, 5) is 12.2. The van der Waals surface area contributed by atoms with Crippen LogP contribution in [0.1, 0.15) is 21.5 Å². The number of anilines is 1. The second-order valence-corrected chi connectivity index (χ2v) is 6.50. The topological polar surface area (TPSA) is 54.9 Å². The van der Waals surface area contributed by atoms with Gasteiger partial charge in [-0.25, -0.2) is 0 Å². The molecule has 0 fully saturated rings. The van der Waals surface area contributed by atoms with Crippen molar-refractivity contribution >= 4 is 22.4 Å². The molecule has 28 heavy (non-hydrogen) atoms. The van der Waals surface area contributed by atoms with Crippen LogP contribution in [0.2, 0.25) is 0 Å². The molecule has 11 heteroatoms. The summed E-state index contributed by atoms with van der Waals surface area (Å²) in [6.45, 7) is 0. The van der Waals surface area contributed by atoms with Crippen molar-refractivity contribution in [1.82, 2.24) is 10.2 Å². The van der Waals surface area contributed by atoms with Crippen LogP contribution < -0.4 is 5.32 Å². The number of aromatic nitrogens is 2. The molecular weight excluding hydrogens is 408 g/mol. The highest BCUT2D eigenvalue weighted by Gasteiger charge is 2.37. The van der Waals surface area contributed by atoms with Gasteiger partial charge in [-0.2, -0.15) is 26.3 Å². The van der Waals surface area contributed by atoms with Crippen molar-refractivity contribution < 1.29 is 31.1 Å². The molecule has 0 unspecified atom stereocenters. The predicted octanol–water partition coefficient (Wildman–Crippen LogP) is 5.50. The van der Waals surface area contributed by atoms with Gasteiger partial charge in [0.2, 0.25) is 5.13 Å². The Bertz CT molecular complexity index is 966. The molecule has 1 heterocycles. The monoisotopic (exact) mass is 417 g/mol. The van der Waals surface area contributed by atoms with Gasteiger partial charge in [0.15, 0.2) is 0 Å². The molecule has 1 aromatic heterocycles. The van der Waals surface area contributed by atoms with Gasteiger partial charge in [-0.1, -0.05) is 41.7 Å². The van der Waals surface area contributed by atoms with Gasteiger partial charge in [-0.05, 0) is 18.2 Å². The van der Waals surface area contributed by atoms with Crippen molar-refractivity contribution in [2.24, 2.45) is 0 Å².